The summed E-state index contributed by atoms with van der Waals surface area (Å²) < 4.78 is 13.1. The van der Waals surface area contributed by atoms with E-state index in [0.717, 1.165) is 19.4 Å². The first kappa shape index (κ1) is 16.0. The van der Waals surface area contributed by atoms with Gasteiger partial charge in [-0.05, 0) is 43.0 Å². The number of hydrogen-bond acceptors (Lipinski definition) is 1. The van der Waals surface area contributed by atoms with Gasteiger partial charge < -0.3 is 4.90 Å². The highest BCUT2D eigenvalue weighted by Gasteiger charge is 2.29. The van der Waals surface area contributed by atoms with E-state index in [1.54, 1.807) is 6.07 Å². The van der Waals surface area contributed by atoms with Crippen LogP contribution in [0.25, 0.3) is 0 Å². The Balaban J connectivity index is 1.76. The summed E-state index contributed by atoms with van der Waals surface area (Å²) in [7, 11) is 0. The van der Waals surface area contributed by atoms with E-state index in [2.05, 4.69) is 31.2 Å². The van der Waals surface area contributed by atoms with Gasteiger partial charge in [0.2, 0.25) is 5.91 Å². The molecule has 2 aromatic rings. The first-order valence-electron chi connectivity index (χ1n) is 7.84. The lowest BCUT2D eigenvalue weighted by atomic mass is 10.0. The summed E-state index contributed by atoms with van der Waals surface area (Å²) in [6.07, 6.45) is 2.19. The van der Waals surface area contributed by atoms with Crippen molar-refractivity contribution < 1.29 is 9.18 Å². The van der Waals surface area contributed by atoms with Crippen molar-refractivity contribution in [3.05, 3.63) is 70.0 Å². The van der Waals surface area contributed by atoms with Gasteiger partial charge in [-0.3, -0.25) is 4.79 Å². The van der Waals surface area contributed by atoms with Crippen molar-refractivity contribution in [1.29, 1.82) is 0 Å². The first-order valence-corrected chi connectivity index (χ1v) is 8.22. The molecule has 0 radical (unpaired) electrons. The Morgan fingerprint density at radius 3 is 2.70 bits per heavy atom. The Morgan fingerprint density at radius 1 is 1.26 bits per heavy atom. The molecule has 3 rings (SSSR count). The van der Waals surface area contributed by atoms with Gasteiger partial charge >= 0.3 is 0 Å². The Morgan fingerprint density at radius 2 is 2.00 bits per heavy atom. The molecule has 2 nitrogen and oxygen atoms in total. The quantitative estimate of drug-likeness (QED) is 0.798. The molecule has 1 atom stereocenters. The number of likely N-dealkylation sites (tertiary alicyclic amines) is 1. The van der Waals surface area contributed by atoms with Crippen molar-refractivity contribution >= 4 is 17.5 Å². The second kappa shape index (κ2) is 6.71. The SMILES string of the molecule is Cc1ccc([C@H]2CCCN2C(=O)Cc2ccc(F)cc2Cl)cc1. The molecule has 23 heavy (non-hydrogen) atoms. The summed E-state index contributed by atoms with van der Waals surface area (Å²) in [4.78, 5) is 14.6. The minimum absolute atomic E-state index is 0.0431. The van der Waals surface area contributed by atoms with Crippen LogP contribution in [-0.2, 0) is 11.2 Å². The molecule has 0 aliphatic carbocycles. The summed E-state index contributed by atoms with van der Waals surface area (Å²) in [5, 5.41) is 0.310. The third-order valence-corrected chi connectivity index (χ3v) is 4.74. The second-order valence-electron chi connectivity index (χ2n) is 6.07. The normalized spacial score (nSPS) is 17.5. The summed E-state index contributed by atoms with van der Waals surface area (Å²) in [5.74, 6) is -0.341. The molecule has 1 heterocycles. The maximum Gasteiger partial charge on any atom is 0.227 e. The van der Waals surface area contributed by atoms with Crippen molar-refractivity contribution in [1.82, 2.24) is 4.90 Å². The van der Waals surface area contributed by atoms with Crippen LogP contribution in [0.3, 0.4) is 0 Å². The van der Waals surface area contributed by atoms with Crippen molar-refractivity contribution in [3.63, 3.8) is 0 Å². The zero-order valence-corrected chi connectivity index (χ0v) is 13.8. The molecule has 0 saturated carbocycles. The number of aryl methyl sites for hydroxylation is 1. The van der Waals surface area contributed by atoms with Crippen LogP contribution in [0.5, 0.6) is 0 Å². The predicted molar refractivity (Wildman–Crippen MR) is 90.0 cm³/mol. The zero-order chi connectivity index (χ0) is 16.4. The molecule has 1 aliphatic heterocycles. The number of carbonyl (C=O) groups is 1. The maximum absolute atomic E-state index is 13.1. The average molecular weight is 332 g/mol. The molecule has 4 heteroatoms. The van der Waals surface area contributed by atoms with Crippen molar-refractivity contribution in [3.8, 4) is 0 Å². The van der Waals surface area contributed by atoms with Gasteiger partial charge in [0, 0.05) is 11.6 Å². The van der Waals surface area contributed by atoms with E-state index >= 15 is 0 Å². The summed E-state index contributed by atoms with van der Waals surface area (Å²) in [6.45, 7) is 2.81. The third-order valence-electron chi connectivity index (χ3n) is 4.39. The van der Waals surface area contributed by atoms with E-state index in [1.165, 1.54) is 23.3 Å². The van der Waals surface area contributed by atoms with E-state index < -0.39 is 0 Å². The van der Waals surface area contributed by atoms with Crippen molar-refractivity contribution in [2.24, 2.45) is 0 Å². The number of nitrogens with zero attached hydrogens (tertiary/aromatic N) is 1. The lowest BCUT2D eigenvalue weighted by Crippen LogP contribution is -2.31. The largest absolute Gasteiger partial charge is 0.335 e. The average Bonchev–Trinajstić information content (AvgIpc) is 3.00. The van der Waals surface area contributed by atoms with Crippen LogP contribution in [0, 0.1) is 12.7 Å². The highest BCUT2D eigenvalue weighted by atomic mass is 35.5. The number of amides is 1. The fourth-order valence-electron chi connectivity index (χ4n) is 3.13. The summed E-state index contributed by atoms with van der Waals surface area (Å²) >= 11 is 6.04. The van der Waals surface area contributed by atoms with Gasteiger partial charge in [-0.25, -0.2) is 4.39 Å². The standard InChI is InChI=1S/C19H19ClFNO/c1-13-4-6-14(7-5-13)18-3-2-10-22(18)19(23)11-15-8-9-16(21)12-17(15)20/h4-9,12,18H,2-3,10-11H2,1H3/t18-/m1/s1. The predicted octanol–water partition coefficient (Wildman–Crippen LogP) is 4.69. The van der Waals surface area contributed by atoms with Crippen LogP contribution in [0.1, 0.15) is 35.6 Å². The Bertz CT molecular complexity index is 714. The van der Waals surface area contributed by atoms with Gasteiger partial charge in [-0.15, -0.1) is 0 Å². The van der Waals surface area contributed by atoms with Gasteiger partial charge in [-0.2, -0.15) is 0 Å². The third kappa shape index (κ3) is 3.56. The molecule has 0 N–H and O–H groups in total. The van der Waals surface area contributed by atoms with E-state index in [-0.39, 0.29) is 24.2 Å². The van der Waals surface area contributed by atoms with Crippen LogP contribution in [0.2, 0.25) is 5.02 Å². The van der Waals surface area contributed by atoms with E-state index in [4.69, 9.17) is 11.6 Å². The monoisotopic (exact) mass is 331 g/mol. The van der Waals surface area contributed by atoms with Gasteiger partial charge in [0.15, 0.2) is 0 Å². The lowest BCUT2D eigenvalue weighted by molar-refractivity contribution is -0.131. The second-order valence-corrected chi connectivity index (χ2v) is 6.48. The van der Waals surface area contributed by atoms with E-state index in [9.17, 15) is 9.18 Å². The summed E-state index contributed by atoms with van der Waals surface area (Å²) in [6, 6.07) is 12.7. The molecule has 0 spiro atoms. The van der Waals surface area contributed by atoms with Crippen LogP contribution in [0.4, 0.5) is 4.39 Å². The molecule has 1 amide bonds. The zero-order valence-electron chi connectivity index (χ0n) is 13.1. The Hall–Kier alpha value is -1.87. The van der Waals surface area contributed by atoms with Crippen LogP contribution in [0.15, 0.2) is 42.5 Å². The Labute approximate surface area is 140 Å². The lowest BCUT2D eigenvalue weighted by Gasteiger charge is -2.25. The number of hydrogen-bond donors (Lipinski definition) is 0. The van der Waals surface area contributed by atoms with Crippen molar-refractivity contribution in [2.45, 2.75) is 32.2 Å². The minimum atomic E-state index is -0.384. The van der Waals surface area contributed by atoms with E-state index in [0.29, 0.717) is 10.6 Å². The van der Waals surface area contributed by atoms with Gasteiger partial charge in [-0.1, -0.05) is 47.5 Å². The smallest absolute Gasteiger partial charge is 0.227 e. The van der Waals surface area contributed by atoms with E-state index in [1.807, 2.05) is 4.90 Å². The molecular formula is C19H19ClFNO. The molecule has 1 saturated heterocycles. The molecule has 2 aromatic carbocycles. The highest BCUT2D eigenvalue weighted by Crippen LogP contribution is 2.33. The molecular weight excluding hydrogens is 313 g/mol. The number of rotatable bonds is 3. The van der Waals surface area contributed by atoms with Gasteiger partial charge in [0.25, 0.3) is 0 Å². The molecule has 1 aliphatic rings. The number of carbonyl (C=O) groups excluding carboxylic acids is 1. The van der Waals surface area contributed by atoms with Gasteiger partial charge in [0.1, 0.15) is 5.82 Å². The molecule has 1 fully saturated rings. The molecule has 0 aromatic heterocycles. The summed E-state index contributed by atoms with van der Waals surface area (Å²) in [5.41, 5.74) is 3.06. The fraction of sp³-hybridized carbons (Fsp3) is 0.316. The maximum atomic E-state index is 13.1. The molecule has 120 valence electrons. The topological polar surface area (TPSA) is 20.3 Å². The van der Waals surface area contributed by atoms with Crippen molar-refractivity contribution in [2.75, 3.05) is 6.54 Å². The fourth-order valence-corrected chi connectivity index (χ4v) is 3.36. The molecule has 0 unspecified atom stereocenters. The number of benzene rings is 2. The molecule has 0 bridgehead atoms. The van der Waals surface area contributed by atoms with Crippen LogP contribution < -0.4 is 0 Å². The Kier molecular flexibility index (Phi) is 4.67. The van der Waals surface area contributed by atoms with Gasteiger partial charge in [0.05, 0.1) is 12.5 Å². The number of halogens is 2. The van der Waals surface area contributed by atoms with Crippen LogP contribution in [-0.4, -0.2) is 17.4 Å². The van der Waals surface area contributed by atoms with Crippen LogP contribution >= 0.6 is 11.6 Å². The first-order chi connectivity index (χ1) is 11.0. The highest BCUT2D eigenvalue weighted by molar-refractivity contribution is 6.31. The minimum Gasteiger partial charge on any atom is -0.335 e.